The molecule has 0 unspecified atom stereocenters. The van der Waals surface area contributed by atoms with E-state index >= 15 is 0 Å². The summed E-state index contributed by atoms with van der Waals surface area (Å²) in [7, 11) is 0. The van der Waals surface area contributed by atoms with Crippen LogP contribution in [-0.2, 0) is 14.4 Å². The number of imide groups is 2. The zero-order valence-corrected chi connectivity index (χ0v) is 9.86. The van der Waals surface area contributed by atoms with Crippen LogP contribution in [0.3, 0.4) is 0 Å². The summed E-state index contributed by atoms with van der Waals surface area (Å²) in [5, 5.41) is 1.87. The summed E-state index contributed by atoms with van der Waals surface area (Å²) in [6.45, 7) is 4.78. The molecular weight excluding hydrogens is 226 g/mol. The highest BCUT2D eigenvalue weighted by molar-refractivity contribution is 6.44. The van der Waals surface area contributed by atoms with Crippen LogP contribution in [0.4, 0.5) is 4.79 Å². The third kappa shape index (κ3) is 2.80. The number of hydrogen-bond acceptors (Lipinski definition) is 4. The third-order valence-corrected chi connectivity index (χ3v) is 2.57. The van der Waals surface area contributed by atoms with Crippen molar-refractivity contribution < 1.29 is 19.2 Å². The van der Waals surface area contributed by atoms with Gasteiger partial charge in [-0.05, 0) is 13.8 Å². The lowest BCUT2D eigenvalue weighted by molar-refractivity contribution is -0.140. The predicted molar refractivity (Wildman–Crippen MR) is 57.8 cm³/mol. The number of amides is 5. The number of hydrogen-bond donors (Lipinski definition) is 1. The molecule has 0 spiro atoms. The van der Waals surface area contributed by atoms with Gasteiger partial charge < -0.3 is 4.90 Å². The van der Waals surface area contributed by atoms with Gasteiger partial charge in [0, 0.05) is 26.1 Å². The lowest BCUT2D eigenvalue weighted by atomic mass is 10.3. The Morgan fingerprint density at radius 2 is 1.82 bits per heavy atom. The number of rotatable bonds is 5. The summed E-state index contributed by atoms with van der Waals surface area (Å²) in [5.41, 5.74) is 0. The van der Waals surface area contributed by atoms with E-state index in [1.54, 1.807) is 4.90 Å². The van der Waals surface area contributed by atoms with Gasteiger partial charge in [0.25, 0.3) is 0 Å². The van der Waals surface area contributed by atoms with Crippen LogP contribution in [0.5, 0.6) is 0 Å². The maximum atomic E-state index is 11.6. The first kappa shape index (κ1) is 13.1. The number of carbonyl (C=O) groups excluding carboxylic acids is 4. The maximum Gasteiger partial charge on any atom is 0.331 e. The molecule has 1 heterocycles. The average molecular weight is 241 g/mol. The molecule has 94 valence electrons. The van der Waals surface area contributed by atoms with Crippen LogP contribution >= 0.6 is 0 Å². The molecule has 1 aliphatic heterocycles. The van der Waals surface area contributed by atoms with Crippen molar-refractivity contribution in [2.45, 2.75) is 20.3 Å². The Labute approximate surface area is 98.7 Å². The monoisotopic (exact) mass is 241 g/mol. The summed E-state index contributed by atoms with van der Waals surface area (Å²) < 4.78 is 0. The number of carbonyl (C=O) groups is 4. The minimum Gasteiger partial charge on any atom is -0.343 e. The third-order valence-electron chi connectivity index (χ3n) is 2.57. The van der Waals surface area contributed by atoms with Crippen LogP contribution < -0.4 is 5.32 Å². The highest BCUT2D eigenvalue weighted by Crippen LogP contribution is 2.03. The van der Waals surface area contributed by atoms with Crippen LogP contribution in [0.25, 0.3) is 0 Å². The molecule has 0 saturated carbocycles. The normalized spacial score (nSPS) is 15.2. The Morgan fingerprint density at radius 3 is 2.24 bits per heavy atom. The summed E-state index contributed by atoms with van der Waals surface area (Å²) in [6, 6.07) is -0.757. The first-order chi connectivity index (χ1) is 8.01. The topological polar surface area (TPSA) is 86.8 Å². The van der Waals surface area contributed by atoms with E-state index in [0.717, 1.165) is 4.90 Å². The smallest absolute Gasteiger partial charge is 0.331 e. The molecule has 0 radical (unpaired) electrons. The minimum atomic E-state index is -0.940. The van der Waals surface area contributed by atoms with Gasteiger partial charge in [0.1, 0.15) is 0 Å². The number of nitrogens with one attached hydrogen (secondary N) is 1. The number of nitrogens with zero attached hydrogens (tertiary/aromatic N) is 2. The van der Waals surface area contributed by atoms with Gasteiger partial charge in [-0.15, -0.1) is 0 Å². The Hall–Kier alpha value is -1.92. The highest BCUT2D eigenvalue weighted by Gasteiger charge is 2.36. The van der Waals surface area contributed by atoms with Gasteiger partial charge in [0.05, 0.1) is 0 Å². The molecule has 7 heteroatoms. The maximum absolute atomic E-state index is 11.6. The van der Waals surface area contributed by atoms with Gasteiger partial charge >= 0.3 is 17.8 Å². The zero-order valence-electron chi connectivity index (χ0n) is 9.86. The van der Waals surface area contributed by atoms with Crippen molar-refractivity contribution in [3.8, 4) is 0 Å². The van der Waals surface area contributed by atoms with Crippen molar-refractivity contribution >= 4 is 23.8 Å². The lowest BCUT2D eigenvalue weighted by Gasteiger charge is -2.19. The van der Waals surface area contributed by atoms with Gasteiger partial charge in [-0.1, -0.05) is 0 Å². The standard InChI is InChI=1S/C10H15N3O4/c1-3-12(4-2)7(14)5-6-13-9(16)8(15)11-10(13)17/h3-6H2,1-2H3,(H,11,15,17). The van der Waals surface area contributed by atoms with E-state index in [4.69, 9.17) is 0 Å². The van der Waals surface area contributed by atoms with Crippen LogP contribution in [0.15, 0.2) is 0 Å². The Kier molecular flexibility index (Phi) is 4.19. The van der Waals surface area contributed by atoms with Gasteiger partial charge in [0.2, 0.25) is 5.91 Å². The Balaban J connectivity index is 2.51. The molecule has 1 saturated heterocycles. The molecular formula is C10H15N3O4. The molecule has 1 fully saturated rings. The molecule has 0 atom stereocenters. The molecule has 0 aromatic carbocycles. The fraction of sp³-hybridized carbons (Fsp3) is 0.600. The van der Waals surface area contributed by atoms with Crippen molar-refractivity contribution in [1.29, 1.82) is 0 Å². The molecule has 0 aromatic heterocycles. The van der Waals surface area contributed by atoms with E-state index in [1.165, 1.54) is 0 Å². The first-order valence-electron chi connectivity index (χ1n) is 5.45. The van der Waals surface area contributed by atoms with Crippen molar-refractivity contribution in [1.82, 2.24) is 15.1 Å². The fourth-order valence-electron chi connectivity index (χ4n) is 1.58. The Bertz CT molecular complexity index is 363. The molecule has 7 nitrogen and oxygen atoms in total. The second-order valence-electron chi connectivity index (χ2n) is 3.53. The fourth-order valence-corrected chi connectivity index (χ4v) is 1.58. The van der Waals surface area contributed by atoms with Crippen LogP contribution in [0, 0.1) is 0 Å². The van der Waals surface area contributed by atoms with Crippen molar-refractivity contribution in [2.24, 2.45) is 0 Å². The van der Waals surface area contributed by atoms with Crippen molar-refractivity contribution in [3.63, 3.8) is 0 Å². The predicted octanol–water partition coefficient (Wildman–Crippen LogP) is -0.677. The van der Waals surface area contributed by atoms with Crippen LogP contribution in [-0.4, -0.2) is 53.2 Å². The van der Waals surface area contributed by atoms with E-state index in [1.807, 2.05) is 19.2 Å². The zero-order chi connectivity index (χ0) is 13.0. The van der Waals surface area contributed by atoms with E-state index in [2.05, 4.69) is 0 Å². The van der Waals surface area contributed by atoms with Gasteiger partial charge in [-0.3, -0.25) is 24.6 Å². The summed E-state index contributed by atoms with van der Waals surface area (Å²) in [5.74, 6) is -1.98. The Morgan fingerprint density at radius 1 is 1.24 bits per heavy atom. The first-order valence-corrected chi connectivity index (χ1v) is 5.45. The molecule has 17 heavy (non-hydrogen) atoms. The SMILES string of the molecule is CCN(CC)C(=O)CCN1C(=O)NC(=O)C1=O. The minimum absolute atomic E-state index is 0.0358. The molecule has 0 aromatic rings. The lowest BCUT2D eigenvalue weighted by Crippen LogP contribution is -2.37. The summed E-state index contributed by atoms with van der Waals surface area (Å²) in [6.07, 6.45) is 0.0358. The van der Waals surface area contributed by atoms with Crippen molar-refractivity contribution in [2.75, 3.05) is 19.6 Å². The largest absolute Gasteiger partial charge is 0.343 e. The molecule has 0 bridgehead atoms. The molecule has 1 rings (SSSR count). The second-order valence-corrected chi connectivity index (χ2v) is 3.53. The molecule has 0 aliphatic carbocycles. The summed E-state index contributed by atoms with van der Waals surface area (Å²) >= 11 is 0. The summed E-state index contributed by atoms with van der Waals surface area (Å²) in [4.78, 5) is 47.2. The van der Waals surface area contributed by atoms with E-state index in [9.17, 15) is 19.2 Å². The van der Waals surface area contributed by atoms with Crippen LogP contribution in [0.2, 0.25) is 0 Å². The number of urea groups is 1. The average Bonchev–Trinajstić information content (AvgIpc) is 2.53. The van der Waals surface area contributed by atoms with E-state index < -0.39 is 17.8 Å². The molecule has 1 aliphatic rings. The highest BCUT2D eigenvalue weighted by atomic mass is 16.2. The van der Waals surface area contributed by atoms with Gasteiger partial charge in [-0.25, -0.2) is 4.79 Å². The van der Waals surface area contributed by atoms with Gasteiger partial charge in [0.15, 0.2) is 0 Å². The van der Waals surface area contributed by atoms with E-state index in [0.29, 0.717) is 13.1 Å². The second kappa shape index (κ2) is 5.42. The quantitative estimate of drug-likeness (QED) is 0.510. The van der Waals surface area contributed by atoms with Crippen LogP contribution in [0.1, 0.15) is 20.3 Å². The van der Waals surface area contributed by atoms with E-state index in [-0.39, 0.29) is 18.9 Å². The van der Waals surface area contributed by atoms with Gasteiger partial charge in [-0.2, -0.15) is 0 Å². The van der Waals surface area contributed by atoms with Crippen molar-refractivity contribution in [3.05, 3.63) is 0 Å². The molecule has 1 N–H and O–H groups in total. The molecule has 5 amide bonds.